The second-order valence-corrected chi connectivity index (χ2v) is 14.2. The van der Waals surface area contributed by atoms with Crippen molar-refractivity contribution in [2.75, 3.05) is 6.61 Å². The largest absolute Gasteiger partial charge is 0.469 e. The number of allylic oxidation sites excluding steroid dienone is 1. The van der Waals surface area contributed by atoms with E-state index in [4.69, 9.17) is 9.47 Å². The predicted molar refractivity (Wildman–Crippen MR) is 105 cm³/mol. The van der Waals surface area contributed by atoms with Crippen LogP contribution in [0.2, 0.25) is 19.6 Å². The van der Waals surface area contributed by atoms with Crippen molar-refractivity contribution in [1.29, 1.82) is 0 Å². The molecule has 3 aliphatic rings. The van der Waals surface area contributed by atoms with Crippen LogP contribution in [-0.4, -0.2) is 31.7 Å². The van der Waals surface area contributed by atoms with Crippen molar-refractivity contribution in [2.45, 2.75) is 78.0 Å². The van der Waals surface area contributed by atoms with Gasteiger partial charge in [-0.2, -0.15) is 0 Å². The van der Waals surface area contributed by atoms with Crippen LogP contribution in [0.15, 0.2) is 34.8 Å². The van der Waals surface area contributed by atoms with Gasteiger partial charge in [-0.05, 0) is 31.8 Å². The van der Waals surface area contributed by atoms with Crippen molar-refractivity contribution in [3.05, 3.63) is 34.8 Å². The highest BCUT2D eigenvalue weighted by Crippen LogP contribution is 2.63. The molecule has 1 aliphatic heterocycles. The fourth-order valence-electron chi connectivity index (χ4n) is 4.99. The van der Waals surface area contributed by atoms with Crippen LogP contribution in [-0.2, 0) is 9.47 Å². The first-order chi connectivity index (χ1) is 11.7. The zero-order valence-electron chi connectivity index (χ0n) is 16.7. The molecule has 0 aromatic rings. The molecule has 4 heteroatoms. The Labute approximate surface area is 153 Å². The van der Waals surface area contributed by atoms with E-state index < -0.39 is 13.9 Å². The number of hydrogen-bond donors (Lipinski definition) is 1. The quantitative estimate of drug-likeness (QED) is 0.427. The summed E-state index contributed by atoms with van der Waals surface area (Å²) in [6, 6.07) is 0. The summed E-state index contributed by atoms with van der Waals surface area (Å²) in [5.41, 5.74) is 6.09. The Kier molecular flexibility index (Phi) is 4.84. The Morgan fingerprint density at radius 3 is 2.64 bits per heavy atom. The van der Waals surface area contributed by atoms with Gasteiger partial charge in [0.1, 0.15) is 0 Å². The van der Waals surface area contributed by atoms with Gasteiger partial charge in [0.15, 0.2) is 0 Å². The first kappa shape index (κ1) is 18.9. The van der Waals surface area contributed by atoms with Crippen LogP contribution in [0.5, 0.6) is 0 Å². The van der Waals surface area contributed by atoms with Gasteiger partial charge >= 0.3 is 0 Å². The third-order valence-electron chi connectivity index (χ3n) is 5.96. The lowest BCUT2D eigenvalue weighted by Crippen LogP contribution is -2.45. The Bertz CT molecular complexity index is 622. The van der Waals surface area contributed by atoms with Gasteiger partial charge in [-0.25, -0.2) is 0 Å². The first-order valence-corrected chi connectivity index (χ1v) is 13.3. The number of aliphatic hydroxyl groups excluding tert-OH is 1. The fourth-order valence-corrected chi connectivity index (χ4v) is 6.38. The van der Waals surface area contributed by atoms with Crippen LogP contribution >= 0.6 is 0 Å². The van der Waals surface area contributed by atoms with Crippen molar-refractivity contribution in [3.63, 3.8) is 0 Å². The van der Waals surface area contributed by atoms with Crippen molar-refractivity contribution in [3.8, 4) is 0 Å². The van der Waals surface area contributed by atoms with E-state index in [1.165, 1.54) is 16.7 Å². The molecule has 25 heavy (non-hydrogen) atoms. The summed E-state index contributed by atoms with van der Waals surface area (Å²) >= 11 is 0. The van der Waals surface area contributed by atoms with Crippen LogP contribution in [0.25, 0.3) is 0 Å². The van der Waals surface area contributed by atoms with Gasteiger partial charge in [-0.1, -0.05) is 56.4 Å². The summed E-state index contributed by atoms with van der Waals surface area (Å²) in [5, 5.41) is 10.9. The highest BCUT2D eigenvalue weighted by molar-refractivity contribution is 6.81. The second kappa shape index (κ2) is 6.40. The van der Waals surface area contributed by atoms with Gasteiger partial charge in [0.05, 0.1) is 38.4 Å². The molecule has 0 amide bonds. The number of hydrogen-bond acceptors (Lipinski definition) is 3. The molecule has 4 atom stereocenters. The number of aliphatic hydroxyl groups is 1. The maximum Gasteiger partial charge on any atom is 0.220 e. The Balaban J connectivity index is 2.05. The average Bonchev–Trinajstić information content (AvgIpc) is 2.89. The van der Waals surface area contributed by atoms with Gasteiger partial charge in [0, 0.05) is 6.42 Å². The van der Waals surface area contributed by atoms with Gasteiger partial charge in [-0.3, -0.25) is 0 Å². The van der Waals surface area contributed by atoms with Gasteiger partial charge in [0.2, 0.25) is 5.79 Å². The van der Waals surface area contributed by atoms with E-state index in [0.717, 1.165) is 25.7 Å². The first-order valence-electron chi connectivity index (χ1n) is 9.73. The summed E-state index contributed by atoms with van der Waals surface area (Å²) in [6.07, 6.45) is 7.38. The van der Waals surface area contributed by atoms with Crippen LogP contribution < -0.4 is 0 Å². The predicted octanol–water partition coefficient (Wildman–Crippen LogP) is 4.95. The summed E-state index contributed by atoms with van der Waals surface area (Å²) in [4.78, 5) is 0. The lowest BCUT2D eigenvalue weighted by atomic mass is 9.68. The van der Waals surface area contributed by atoms with Gasteiger partial charge in [0.25, 0.3) is 0 Å². The monoisotopic (exact) mass is 362 g/mol. The molecule has 0 aromatic carbocycles. The molecule has 2 bridgehead atoms. The molecule has 0 spiro atoms. The molecule has 2 aliphatic carbocycles. The minimum atomic E-state index is -1.39. The van der Waals surface area contributed by atoms with E-state index in [1.807, 2.05) is 6.26 Å². The molecule has 3 rings (SSSR count). The molecule has 0 unspecified atom stereocenters. The van der Waals surface area contributed by atoms with Crippen LogP contribution in [0, 0.1) is 11.3 Å². The average molecular weight is 363 g/mol. The molecular formula is C21H34O3Si. The van der Waals surface area contributed by atoms with Crippen molar-refractivity contribution in [1.82, 2.24) is 0 Å². The van der Waals surface area contributed by atoms with Crippen molar-refractivity contribution < 1.29 is 14.6 Å². The zero-order chi connectivity index (χ0) is 18.5. The molecular weight excluding hydrogens is 328 g/mol. The van der Waals surface area contributed by atoms with Crippen molar-refractivity contribution >= 4 is 8.07 Å². The molecule has 1 N–H and O–H groups in total. The van der Waals surface area contributed by atoms with Crippen LogP contribution in [0.3, 0.4) is 0 Å². The minimum Gasteiger partial charge on any atom is -0.469 e. The summed E-state index contributed by atoms with van der Waals surface area (Å²) < 4.78 is 12.8. The van der Waals surface area contributed by atoms with E-state index in [0.29, 0.717) is 6.61 Å². The maximum atomic E-state index is 10.9. The van der Waals surface area contributed by atoms with E-state index in [9.17, 15) is 5.11 Å². The molecule has 0 radical (unpaired) electrons. The molecule has 140 valence electrons. The molecule has 0 aromatic heterocycles. The van der Waals surface area contributed by atoms with E-state index in [2.05, 4.69) is 52.2 Å². The van der Waals surface area contributed by atoms with E-state index in [1.54, 1.807) is 0 Å². The summed E-state index contributed by atoms with van der Waals surface area (Å²) in [6.45, 7) is 14.1. The molecule has 3 nitrogen and oxygen atoms in total. The molecule has 1 saturated heterocycles. The molecule has 1 heterocycles. The summed E-state index contributed by atoms with van der Waals surface area (Å²) in [7, 11) is -1.39. The van der Waals surface area contributed by atoms with E-state index in [-0.39, 0.29) is 17.4 Å². The highest BCUT2D eigenvalue weighted by Gasteiger charge is 2.68. The lowest BCUT2D eigenvalue weighted by Gasteiger charge is -2.41. The molecule has 1 saturated carbocycles. The Morgan fingerprint density at radius 1 is 1.36 bits per heavy atom. The number of rotatable bonds is 5. The maximum absolute atomic E-state index is 10.9. The molecule has 2 fully saturated rings. The highest BCUT2D eigenvalue weighted by atomic mass is 28.3. The van der Waals surface area contributed by atoms with Crippen LogP contribution in [0.1, 0.15) is 46.5 Å². The van der Waals surface area contributed by atoms with Crippen molar-refractivity contribution in [2.24, 2.45) is 11.3 Å². The normalized spacial score (nSPS) is 38.5. The van der Waals surface area contributed by atoms with Gasteiger partial charge in [-0.15, -0.1) is 0 Å². The van der Waals surface area contributed by atoms with E-state index >= 15 is 0 Å². The number of ether oxygens (including phenoxy) is 2. The lowest BCUT2D eigenvalue weighted by molar-refractivity contribution is -0.193. The third kappa shape index (κ3) is 3.17. The second-order valence-electron chi connectivity index (χ2n) is 9.22. The minimum absolute atomic E-state index is 0.136. The SMILES string of the molecule is CCC(=CO[C@@]12CC(C)=C[C@]3(CO1)[C@H](O)C/C(=C\[Si](C)(C)C)[C@@H]23)CC. The fraction of sp³-hybridized carbons (Fsp3) is 0.714. The summed E-state index contributed by atoms with van der Waals surface area (Å²) in [5.74, 6) is -0.506. The standard InChI is InChI=1S/C21H34O3Si/c1-7-16(8-2)12-23-21-11-15(3)10-20(14-24-21)18(22)9-17(19(20)21)13-25(4,5)6/h10,12-13,18-19,22H,7-9,11,14H2,1-6H3/b17-13+/t18-,19-,20+,21+/m1/s1. The van der Waals surface area contributed by atoms with Crippen LogP contribution in [0.4, 0.5) is 0 Å². The zero-order valence-corrected chi connectivity index (χ0v) is 17.7. The third-order valence-corrected chi connectivity index (χ3v) is 7.19. The Morgan fingerprint density at radius 2 is 2.04 bits per heavy atom. The van der Waals surface area contributed by atoms with Gasteiger partial charge < -0.3 is 14.6 Å². The topological polar surface area (TPSA) is 38.7 Å². The smallest absolute Gasteiger partial charge is 0.220 e. The Hall–Kier alpha value is -0.843.